The highest BCUT2D eigenvalue weighted by atomic mass is 16.5. The van der Waals surface area contributed by atoms with Crippen LogP contribution in [0.25, 0.3) is 11.4 Å². The fraction of sp³-hybridized carbons (Fsp3) is 0.550. The van der Waals surface area contributed by atoms with E-state index in [1.807, 2.05) is 24.3 Å². The second-order valence-corrected chi connectivity index (χ2v) is 7.05. The summed E-state index contributed by atoms with van der Waals surface area (Å²) in [6.07, 6.45) is 6.23. The Morgan fingerprint density at radius 3 is 2.81 bits per heavy atom. The zero-order chi connectivity index (χ0) is 19.1. The van der Waals surface area contributed by atoms with E-state index >= 15 is 0 Å². The number of carbonyl (C=O) groups is 1. The Bertz CT molecular complexity index is 729. The third kappa shape index (κ3) is 5.29. The molecule has 1 amide bonds. The number of benzene rings is 1. The molecule has 27 heavy (non-hydrogen) atoms. The Morgan fingerprint density at radius 2 is 2.07 bits per heavy atom. The van der Waals surface area contributed by atoms with E-state index in [-0.39, 0.29) is 11.9 Å². The zero-order valence-corrected chi connectivity index (χ0v) is 15.8. The fourth-order valence-electron chi connectivity index (χ4n) is 3.57. The fourth-order valence-corrected chi connectivity index (χ4v) is 3.57. The van der Waals surface area contributed by atoms with Gasteiger partial charge < -0.3 is 20.3 Å². The van der Waals surface area contributed by atoms with E-state index in [4.69, 9.17) is 15.0 Å². The molecule has 146 valence electrons. The SMILES string of the molecule is COc1ccc(-c2noc(CCCC(=O)NC3CCCCC3CN)n2)cc1. The van der Waals surface area contributed by atoms with Gasteiger partial charge in [-0.3, -0.25) is 4.79 Å². The number of nitrogens with one attached hydrogen (secondary N) is 1. The average molecular weight is 372 g/mol. The number of methoxy groups -OCH3 is 1. The van der Waals surface area contributed by atoms with Crippen LogP contribution in [0.5, 0.6) is 5.75 Å². The third-order valence-corrected chi connectivity index (χ3v) is 5.17. The second-order valence-electron chi connectivity index (χ2n) is 7.05. The highest BCUT2D eigenvalue weighted by Crippen LogP contribution is 2.24. The van der Waals surface area contributed by atoms with Crippen molar-refractivity contribution in [2.24, 2.45) is 11.7 Å². The number of carbonyl (C=O) groups excluding carboxylic acids is 1. The normalized spacial score (nSPS) is 19.6. The summed E-state index contributed by atoms with van der Waals surface area (Å²) in [6.45, 7) is 0.640. The number of nitrogens with zero attached hydrogens (tertiary/aromatic N) is 2. The van der Waals surface area contributed by atoms with Crippen LogP contribution in [-0.4, -0.2) is 35.7 Å². The minimum absolute atomic E-state index is 0.0789. The molecule has 0 bridgehead atoms. The molecule has 3 rings (SSSR count). The van der Waals surface area contributed by atoms with E-state index in [9.17, 15) is 4.79 Å². The molecule has 2 unspecified atom stereocenters. The molecule has 2 aromatic rings. The maximum absolute atomic E-state index is 12.2. The Morgan fingerprint density at radius 1 is 1.30 bits per heavy atom. The lowest BCUT2D eigenvalue weighted by Gasteiger charge is -2.31. The molecule has 1 aromatic carbocycles. The lowest BCUT2D eigenvalue weighted by molar-refractivity contribution is -0.122. The summed E-state index contributed by atoms with van der Waals surface area (Å²) in [5.74, 6) is 2.36. The van der Waals surface area contributed by atoms with Gasteiger partial charge in [-0.2, -0.15) is 4.98 Å². The molecular weight excluding hydrogens is 344 g/mol. The molecule has 1 aliphatic carbocycles. The Kier molecular flexibility index (Phi) is 6.81. The summed E-state index contributed by atoms with van der Waals surface area (Å²) in [5.41, 5.74) is 6.70. The summed E-state index contributed by atoms with van der Waals surface area (Å²) in [5, 5.41) is 7.16. The van der Waals surface area contributed by atoms with E-state index in [2.05, 4.69) is 15.5 Å². The first kappa shape index (κ1) is 19.4. The lowest BCUT2D eigenvalue weighted by atomic mass is 9.84. The molecule has 0 saturated heterocycles. The van der Waals surface area contributed by atoms with Crippen LogP contribution < -0.4 is 15.8 Å². The van der Waals surface area contributed by atoms with Crippen molar-refractivity contribution >= 4 is 5.91 Å². The molecule has 7 nitrogen and oxygen atoms in total. The average Bonchev–Trinajstić information content (AvgIpc) is 3.17. The van der Waals surface area contributed by atoms with Gasteiger partial charge in [-0.05, 0) is 56.0 Å². The lowest BCUT2D eigenvalue weighted by Crippen LogP contribution is -2.44. The van der Waals surface area contributed by atoms with Crippen LogP contribution in [0.2, 0.25) is 0 Å². The number of aryl methyl sites for hydroxylation is 1. The van der Waals surface area contributed by atoms with Gasteiger partial charge in [0.15, 0.2) is 0 Å². The van der Waals surface area contributed by atoms with E-state index in [1.165, 1.54) is 6.42 Å². The zero-order valence-electron chi connectivity index (χ0n) is 15.8. The first-order valence-corrected chi connectivity index (χ1v) is 9.66. The van der Waals surface area contributed by atoms with Crippen molar-refractivity contribution in [2.45, 2.75) is 51.0 Å². The topological polar surface area (TPSA) is 103 Å². The first-order chi connectivity index (χ1) is 13.2. The standard InChI is InChI=1S/C20H28N4O3/c1-26-16-11-9-14(10-12-16)20-23-19(27-24-20)8-4-7-18(25)22-17-6-3-2-5-15(17)13-21/h9-12,15,17H,2-8,13,21H2,1H3,(H,22,25). The molecule has 7 heteroatoms. The predicted octanol–water partition coefficient (Wildman–Crippen LogP) is 2.70. The van der Waals surface area contributed by atoms with Crippen LogP contribution in [0.3, 0.4) is 0 Å². The molecular formula is C20H28N4O3. The van der Waals surface area contributed by atoms with Crippen LogP contribution in [0.1, 0.15) is 44.4 Å². The maximum atomic E-state index is 12.2. The molecule has 0 spiro atoms. The van der Waals surface area contributed by atoms with Gasteiger partial charge in [0.25, 0.3) is 0 Å². The van der Waals surface area contributed by atoms with E-state index in [0.717, 1.165) is 30.6 Å². The van der Waals surface area contributed by atoms with Gasteiger partial charge in [-0.15, -0.1) is 0 Å². The first-order valence-electron chi connectivity index (χ1n) is 9.66. The van der Waals surface area contributed by atoms with Crippen molar-refractivity contribution in [1.82, 2.24) is 15.5 Å². The summed E-state index contributed by atoms with van der Waals surface area (Å²) >= 11 is 0. The van der Waals surface area contributed by atoms with E-state index in [0.29, 0.717) is 43.4 Å². The van der Waals surface area contributed by atoms with Gasteiger partial charge in [0, 0.05) is 24.4 Å². The summed E-state index contributed by atoms with van der Waals surface area (Å²) in [6, 6.07) is 7.71. The molecule has 0 aliphatic heterocycles. The summed E-state index contributed by atoms with van der Waals surface area (Å²) in [7, 11) is 1.63. The van der Waals surface area contributed by atoms with Gasteiger partial charge >= 0.3 is 0 Å². The predicted molar refractivity (Wildman–Crippen MR) is 102 cm³/mol. The molecule has 1 aromatic heterocycles. The monoisotopic (exact) mass is 372 g/mol. The van der Waals surface area contributed by atoms with Crippen molar-refractivity contribution in [3.05, 3.63) is 30.2 Å². The van der Waals surface area contributed by atoms with E-state index in [1.54, 1.807) is 7.11 Å². The van der Waals surface area contributed by atoms with Crippen LogP contribution in [-0.2, 0) is 11.2 Å². The van der Waals surface area contributed by atoms with Gasteiger partial charge in [-0.1, -0.05) is 18.0 Å². The molecule has 1 saturated carbocycles. The summed E-state index contributed by atoms with van der Waals surface area (Å²) < 4.78 is 10.4. The largest absolute Gasteiger partial charge is 0.497 e. The van der Waals surface area contributed by atoms with Crippen molar-refractivity contribution < 1.29 is 14.1 Å². The number of hydrogen-bond donors (Lipinski definition) is 2. The van der Waals surface area contributed by atoms with Crippen molar-refractivity contribution in [3.8, 4) is 17.1 Å². The number of amides is 1. The number of nitrogens with two attached hydrogens (primary N) is 1. The van der Waals surface area contributed by atoms with Crippen molar-refractivity contribution in [2.75, 3.05) is 13.7 Å². The Hall–Kier alpha value is -2.41. The Balaban J connectivity index is 1.45. The number of hydrogen-bond acceptors (Lipinski definition) is 6. The number of rotatable bonds is 8. The van der Waals surface area contributed by atoms with Crippen LogP contribution in [0, 0.1) is 5.92 Å². The maximum Gasteiger partial charge on any atom is 0.226 e. The molecule has 1 aliphatic rings. The molecule has 0 radical (unpaired) electrons. The molecule has 3 N–H and O–H groups in total. The van der Waals surface area contributed by atoms with E-state index < -0.39 is 0 Å². The van der Waals surface area contributed by atoms with Crippen LogP contribution in [0.4, 0.5) is 0 Å². The minimum atomic E-state index is 0.0789. The Labute approximate surface area is 159 Å². The number of aromatic nitrogens is 2. The summed E-state index contributed by atoms with van der Waals surface area (Å²) in [4.78, 5) is 16.6. The van der Waals surface area contributed by atoms with Crippen molar-refractivity contribution in [1.29, 1.82) is 0 Å². The van der Waals surface area contributed by atoms with Gasteiger partial charge in [-0.25, -0.2) is 0 Å². The number of ether oxygens (including phenoxy) is 1. The van der Waals surface area contributed by atoms with Crippen molar-refractivity contribution in [3.63, 3.8) is 0 Å². The smallest absolute Gasteiger partial charge is 0.226 e. The van der Waals surface area contributed by atoms with Crippen LogP contribution in [0.15, 0.2) is 28.8 Å². The minimum Gasteiger partial charge on any atom is -0.497 e. The highest BCUT2D eigenvalue weighted by molar-refractivity contribution is 5.76. The quantitative estimate of drug-likeness (QED) is 0.738. The molecule has 1 fully saturated rings. The molecule has 2 atom stereocenters. The molecule has 1 heterocycles. The van der Waals surface area contributed by atoms with Gasteiger partial charge in [0.2, 0.25) is 17.6 Å². The van der Waals surface area contributed by atoms with Gasteiger partial charge in [0.05, 0.1) is 7.11 Å². The van der Waals surface area contributed by atoms with Gasteiger partial charge in [0.1, 0.15) is 5.75 Å². The second kappa shape index (κ2) is 9.50. The van der Waals surface area contributed by atoms with Crippen LogP contribution >= 0.6 is 0 Å². The highest BCUT2D eigenvalue weighted by Gasteiger charge is 2.25. The third-order valence-electron chi connectivity index (χ3n) is 5.17.